The molecular formula is C33H40Br2O6. The second kappa shape index (κ2) is 15.6. The number of Topliss-reactive ketones (excluding diaryl/α,β-unsaturated/α-hetero) is 2. The van der Waals surface area contributed by atoms with Crippen molar-refractivity contribution >= 4 is 43.4 Å². The Morgan fingerprint density at radius 2 is 1.05 bits per heavy atom. The van der Waals surface area contributed by atoms with Gasteiger partial charge in [0, 0.05) is 24.0 Å². The van der Waals surface area contributed by atoms with Gasteiger partial charge in [-0.15, -0.1) is 0 Å². The molecule has 1 aliphatic rings. The smallest absolute Gasteiger partial charge is 0.158 e. The molecule has 0 spiro atoms. The van der Waals surface area contributed by atoms with Crippen LogP contribution in [0, 0.1) is 0 Å². The fraction of sp³-hybridized carbons (Fsp3) is 0.455. The molecule has 2 aromatic rings. The van der Waals surface area contributed by atoms with E-state index in [1.807, 2.05) is 0 Å². The number of ether oxygens (including phenoxy) is 2. The van der Waals surface area contributed by atoms with Crippen LogP contribution in [0.3, 0.4) is 0 Å². The van der Waals surface area contributed by atoms with Crippen molar-refractivity contribution in [3.05, 3.63) is 67.0 Å². The number of fused-ring (bicyclic) bond motifs is 3. The minimum atomic E-state index is -0.0941. The van der Waals surface area contributed by atoms with Gasteiger partial charge in [0.25, 0.3) is 0 Å². The zero-order chi connectivity index (χ0) is 30.1. The second-order valence-corrected chi connectivity index (χ2v) is 12.3. The highest BCUT2D eigenvalue weighted by Gasteiger charge is 2.23. The third-order valence-corrected chi connectivity index (χ3v) is 8.78. The number of allylic oxidation sites excluding steroid dienone is 4. The zero-order valence-electron chi connectivity index (χ0n) is 24.4. The number of ketones is 2. The van der Waals surface area contributed by atoms with Crippen molar-refractivity contribution in [1.29, 1.82) is 0 Å². The number of carbonyl (C=O) groups is 2. The average molecular weight is 692 g/mol. The number of rotatable bonds is 16. The Kier molecular flexibility index (Phi) is 12.5. The lowest BCUT2D eigenvalue weighted by Crippen LogP contribution is -2.00. The molecule has 8 heteroatoms. The van der Waals surface area contributed by atoms with Crippen LogP contribution in [0.1, 0.15) is 90.2 Å². The SMILES string of the molecule is CC(=O)C(C)=C(O)CCCCCOc1cc2c(cc1Br)Cc1cc(Br)c(OCCCCCC(O)=C(C)C(C)=O)cc1-2. The van der Waals surface area contributed by atoms with Gasteiger partial charge in [-0.25, -0.2) is 0 Å². The van der Waals surface area contributed by atoms with Crippen LogP contribution in [0.15, 0.2) is 55.9 Å². The van der Waals surface area contributed by atoms with Gasteiger partial charge in [0.15, 0.2) is 11.6 Å². The molecule has 222 valence electrons. The number of halogens is 2. The maximum absolute atomic E-state index is 11.4. The molecule has 0 atom stereocenters. The summed E-state index contributed by atoms with van der Waals surface area (Å²) in [6.45, 7) is 7.38. The number of unbranched alkanes of at least 4 members (excludes halogenated alkanes) is 4. The highest BCUT2D eigenvalue weighted by molar-refractivity contribution is 9.10. The molecule has 0 aromatic heterocycles. The van der Waals surface area contributed by atoms with Crippen molar-refractivity contribution in [2.75, 3.05) is 13.2 Å². The molecule has 1 aliphatic carbocycles. The van der Waals surface area contributed by atoms with Gasteiger partial charge in [0.1, 0.15) is 11.5 Å². The minimum Gasteiger partial charge on any atom is -0.512 e. The van der Waals surface area contributed by atoms with E-state index in [4.69, 9.17) is 9.47 Å². The largest absolute Gasteiger partial charge is 0.512 e. The third-order valence-electron chi connectivity index (χ3n) is 7.54. The first-order valence-electron chi connectivity index (χ1n) is 14.2. The van der Waals surface area contributed by atoms with E-state index in [2.05, 4.69) is 56.1 Å². The van der Waals surface area contributed by atoms with Gasteiger partial charge < -0.3 is 19.7 Å². The van der Waals surface area contributed by atoms with Crippen LogP contribution in [-0.2, 0) is 16.0 Å². The van der Waals surface area contributed by atoms with Gasteiger partial charge in [-0.05, 0) is 151 Å². The van der Waals surface area contributed by atoms with Crippen molar-refractivity contribution in [1.82, 2.24) is 0 Å². The lowest BCUT2D eigenvalue weighted by molar-refractivity contribution is -0.114. The summed E-state index contributed by atoms with van der Waals surface area (Å²) in [5.74, 6) is 1.78. The molecule has 0 aliphatic heterocycles. The summed E-state index contributed by atoms with van der Waals surface area (Å²) in [4.78, 5) is 22.7. The summed E-state index contributed by atoms with van der Waals surface area (Å²) in [5.41, 5.74) is 5.65. The van der Waals surface area contributed by atoms with Crippen molar-refractivity contribution < 1.29 is 29.3 Å². The van der Waals surface area contributed by atoms with Crippen LogP contribution < -0.4 is 9.47 Å². The summed E-state index contributed by atoms with van der Waals surface area (Å²) in [6, 6.07) is 8.45. The number of aliphatic hydroxyl groups excluding tert-OH is 2. The quantitative estimate of drug-likeness (QED) is 0.0883. The average Bonchev–Trinajstić information content (AvgIpc) is 3.26. The molecule has 6 nitrogen and oxygen atoms in total. The van der Waals surface area contributed by atoms with Crippen LogP contribution >= 0.6 is 31.9 Å². The van der Waals surface area contributed by atoms with Gasteiger partial charge in [0.2, 0.25) is 0 Å². The van der Waals surface area contributed by atoms with Crippen molar-refractivity contribution in [3.63, 3.8) is 0 Å². The summed E-state index contributed by atoms with van der Waals surface area (Å²) in [7, 11) is 0. The monoisotopic (exact) mass is 690 g/mol. The molecule has 3 rings (SSSR count). The van der Waals surface area contributed by atoms with Gasteiger partial charge in [-0.2, -0.15) is 0 Å². The third kappa shape index (κ3) is 9.20. The van der Waals surface area contributed by atoms with Crippen LogP contribution in [0.25, 0.3) is 11.1 Å². The van der Waals surface area contributed by atoms with E-state index in [1.54, 1.807) is 13.8 Å². The number of benzene rings is 2. The lowest BCUT2D eigenvalue weighted by atomic mass is 10.1. The van der Waals surface area contributed by atoms with Crippen LogP contribution in [-0.4, -0.2) is 35.0 Å². The Morgan fingerprint density at radius 1 is 0.659 bits per heavy atom. The van der Waals surface area contributed by atoms with Crippen LogP contribution in [0.4, 0.5) is 0 Å². The number of carbonyl (C=O) groups excluding carboxylic acids is 2. The normalized spacial score (nSPS) is 13.2. The van der Waals surface area contributed by atoms with Crippen LogP contribution in [0.5, 0.6) is 11.5 Å². The van der Waals surface area contributed by atoms with Gasteiger partial charge in [0.05, 0.1) is 33.7 Å². The van der Waals surface area contributed by atoms with E-state index < -0.39 is 0 Å². The summed E-state index contributed by atoms with van der Waals surface area (Å²) in [5, 5.41) is 20.0. The highest BCUT2D eigenvalue weighted by atomic mass is 79.9. The summed E-state index contributed by atoms with van der Waals surface area (Å²) in [6.07, 6.45) is 6.95. The number of hydrogen-bond acceptors (Lipinski definition) is 6. The van der Waals surface area contributed by atoms with Gasteiger partial charge in [-0.1, -0.05) is 0 Å². The predicted octanol–water partition coefficient (Wildman–Crippen LogP) is 9.50. The molecule has 2 N–H and O–H groups in total. The fourth-order valence-electron chi connectivity index (χ4n) is 4.70. The van der Waals surface area contributed by atoms with Gasteiger partial charge >= 0.3 is 0 Å². The second-order valence-electron chi connectivity index (χ2n) is 10.6. The first-order chi connectivity index (χ1) is 19.5. The first kappa shape index (κ1) is 32.9. The number of hydrogen-bond donors (Lipinski definition) is 2. The fourth-order valence-corrected chi connectivity index (χ4v) is 5.71. The molecule has 2 aromatic carbocycles. The van der Waals surface area contributed by atoms with E-state index in [0.29, 0.717) is 37.2 Å². The van der Waals surface area contributed by atoms with E-state index in [9.17, 15) is 19.8 Å². The molecule has 41 heavy (non-hydrogen) atoms. The lowest BCUT2D eigenvalue weighted by Gasteiger charge is -2.13. The maximum Gasteiger partial charge on any atom is 0.158 e. The highest BCUT2D eigenvalue weighted by Crippen LogP contribution is 2.45. The summed E-state index contributed by atoms with van der Waals surface area (Å²) < 4.78 is 14.1. The van der Waals surface area contributed by atoms with Crippen molar-refractivity contribution in [2.45, 2.75) is 85.5 Å². The Bertz CT molecular complexity index is 1240. The Hall–Kier alpha value is -2.58. The van der Waals surface area contributed by atoms with E-state index in [-0.39, 0.29) is 23.1 Å². The van der Waals surface area contributed by atoms with Crippen molar-refractivity contribution in [2.24, 2.45) is 0 Å². The Balaban J connectivity index is 1.53. The summed E-state index contributed by atoms with van der Waals surface area (Å²) >= 11 is 7.34. The Labute approximate surface area is 260 Å². The van der Waals surface area contributed by atoms with E-state index in [1.165, 1.54) is 25.0 Å². The molecule has 0 fully saturated rings. The molecule has 0 heterocycles. The predicted molar refractivity (Wildman–Crippen MR) is 170 cm³/mol. The standard InChI is InChI=1S/C33H40Br2O6/c1-20(22(3)36)30(38)11-7-5-9-13-40-32-18-26-24(16-28(32)34)15-25-17-29(35)33(19-27(25)26)41-14-10-6-8-12-31(39)21(2)23(4)37/h16-19,38-39H,5-15H2,1-4H3. The van der Waals surface area contributed by atoms with E-state index in [0.717, 1.165) is 76.5 Å². The Morgan fingerprint density at radius 3 is 1.41 bits per heavy atom. The van der Waals surface area contributed by atoms with Crippen LogP contribution in [0.2, 0.25) is 0 Å². The molecule has 0 saturated carbocycles. The molecule has 0 bridgehead atoms. The molecule has 0 radical (unpaired) electrons. The molecule has 0 amide bonds. The number of aliphatic hydroxyl groups is 2. The minimum absolute atomic E-state index is 0.0941. The van der Waals surface area contributed by atoms with E-state index >= 15 is 0 Å². The maximum atomic E-state index is 11.4. The van der Waals surface area contributed by atoms with Crippen molar-refractivity contribution in [3.8, 4) is 22.6 Å². The topological polar surface area (TPSA) is 93.1 Å². The van der Waals surface area contributed by atoms with Gasteiger partial charge in [-0.3, -0.25) is 9.59 Å². The molecular weight excluding hydrogens is 652 g/mol. The first-order valence-corrected chi connectivity index (χ1v) is 15.8. The zero-order valence-corrected chi connectivity index (χ0v) is 27.5. The molecule has 0 unspecified atom stereocenters. The molecule has 0 saturated heterocycles.